The molecule has 0 saturated heterocycles. The molecule has 3 aromatic rings. The van der Waals surface area contributed by atoms with E-state index < -0.39 is 17.8 Å². The molecule has 2 aromatic carbocycles. The van der Waals surface area contributed by atoms with Crippen molar-refractivity contribution in [1.82, 2.24) is 9.69 Å². The van der Waals surface area contributed by atoms with Gasteiger partial charge in [0, 0.05) is 11.7 Å². The lowest BCUT2D eigenvalue weighted by Crippen LogP contribution is -2.46. The summed E-state index contributed by atoms with van der Waals surface area (Å²) < 4.78 is 24.1. The average molecular weight is 536 g/mol. The van der Waals surface area contributed by atoms with Gasteiger partial charge in [-0.05, 0) is 67.2 Å². The van der Waals surface area contributed by atoms with Gasteiger partial charge in [-0.15, -0.1) is 0 Å². The van der Waals surface area contributed by atoms with E-state index in [9.17, 15) is 14.0 Å². The average Bonchev–Trinajstić information content (AvgIpc) is 3.47. The number of aromatic nitrogens is 1. The molecule has 184 valence electrons. The van der Waals surface area contributed by atoms with Crippen molar-refractivity contribution in [3.05, 3.63) is 75.0 Å². The quantitative estimate of drug-likeness (QED) is 0.360. The Kier molecular flexibility index (Phi) is 8.26. The van der Waals surface area contributed by atoms with Gasteiger partial charge in [-0.25, -0.2) is 4.39 Å². The van der Waals surface area contributed by atoms with Gasteiger partial charge in [0.2, 0.25) is 5.91 Å². The highest BCUT2D eigenvalue weighted by Crippen LogP contribution is 2.36. The van der Waals surface area contributed by atoms with Crippen LogP contribution in [0.2, 0.25) is 9.36 Å². The summed E-state index contributed by atoms with van der Waals surface area (Å²) in [5.41, 5.74) is 0.616. The fourth-order valence-corrected chi connectivity index (χ4v) is 5.18. The van der Waals surface area contributed by atoms with Gasteiger partial charge in [-0.1, -0.05) is 54.2 Å². The number of carbonyl (C=O) groups excluding carboxylic acids is 2. The van der Waals surface area contributed by atoms with E-state index in [2.05, 4.69) is 9.69 Å². The van der Waals surface area contributed by atoms with Crippen molar-refractivity contribution in [1.29, 1.82) is 0 Å². The zero-order valence-electron chi connectivity index (χ0n) is 19.0. The van der Waals surface area contributed by atoms with E-state index in [0.717, 1.165) is 37.2 Å². The molecule has 1 saturated carbocycles. The van der Waals surface area contributed by atoms with Crippen molar-refractivity contribution in [3.8, 4) is 5.75 Å². The lowest BCUT2D eigenvalue weighted by molar-refractivity contribution is -0.123. The molecule has 4 rings (SSSR count). The minimum atomic E-state index is -1.11. The maximum atomic E-state index is 14.3. The number of hydrogen-bond acceptors (Lipinski definition) is 5. The predicted molar refractivity (Wildman–Crippen MR) is 136 cm³/mol. The summed E-state index contributed by atoms with van der Waals surface area (Å²) in [6.07, 6.45) is 3.78. The predicted octanol–water partition coefficient (Wildman–Crippen LogP) is 6.43. The number of benzene rings is 2. The minimum Gasteiger partial charge on any atom is -0.494 e. The van der Waals surface area contributed by atoms with Gasteiger partial charge in [0.25, 0.3) is 5.91 Å². The van der Waals surface area contributed by atoms with Crippen LogP contribution in [-0.4, -0.2) is 28.8 Å². The van der Waals surface area contributed by atoms with Crippen molar-refractivity contribution in [3.63, 3.8) is 0 Å². The highest BCUT2D eigenvalue weighted by Gasteiger charge is 2.37. The molecule has 35 heavy (non-hydrogen) atoms. The molecular weight excluding hydrogens is 512 g/mol. The monoisotopic (exact) mass is 535 g/mol. The molecule has 1 atom stereocenters. The van der Waals surface area contributed by atoms with Crippen LogP contribution < -0.4 is 15.0 Å². The number of hydrogen-bond donors (Lipinski definition) is 1. The van der Waals surface area contributed by atoms with Crippen molar-refractivity contribution in [2.24, 2.45) is 0 Å². The molecule has 1 aromatic heterocycles. The molecule has 0 radical (unpaired) electrons. The van der Waals surface area contributed by atoms with Gasteiger partial charge in [0.05, 0.1) is 6.61 Å². The smallest absolute Gasteiger partial charge is 0.280 e. The summed E-state index contributed by atoms with van der Waals surface area (Å²) in [6.45, 7) is 2.36. The summed E-state index contributed by atoms with van der Waals surface area (Å²) >= 11 is 13.2. The Morgan fingerprint density at radius 3 is 2.51 bits per heavy atom. The Morgan fingerprint density at radius 2 is 1.91 bits per heavy atom. The topological polar surface area (TPSA) is 71.5 Å². The number of nitrogens with zero attached hydrogens (tertiary/aromatic N) is 2. The highest BCUT2D eigenvalue weighted by molar-refractivity contribution is 7.11. The molecule has 0 aliphatic heterocycles. The summed E-state index contributed by atoms with van der Waals surface area (Å²) in [6, 6.07) is 11.3. The van der Waals surface area contributed by atoms with Gasteiger partial charge in [0.15, 0.2) is 5.69 Å². The zero-order valence-corrected chi connectivity index (χ0v) is 21.3. The fourth-order valence-electron chi connectivity index (χ4n) is 4.20. The first-order valence-corrected chi connectivity index (χ1v) is 12.8. The second-order valence-electron chi connectivity index (χ2n) is 8.17. The summed E-state index contributed by atoms with van der Waals surface area (Å²) in [5, 5.41) is 3.06. The van der Waals surface area contributed by atoms with Crippen molar-refractivity contribution < 1.29 is 18.7 Å². The first-order chi connectivity index (χ1) is 16.9. The molecule has 1 N–H and O–H groups in total. The maximum Gasteiger partial charge on any atom is 0.280 e. The molecule has 1 aliphatic rings. The van der Waals surface area contributed by atoms with Gasteiger partial charge >= 0.3 is 0 Å². The maximum absolute atomic E-state index is 14.3. The van der Waals surface area contributed by atoms with Gasteiger partial charge in [-0.2, -0.15) is 4.37 Å². The molecule has 2 amide bonds. The largest absolute Gasteiger partial charge is 0.494 e. The lowest BCUT2D eigenvalue weighted by Gasteiger charge is -2.32. The van der Waals surface area contributed by atoms with E-state index in [1.165, 1.54) is 23.1 Å². The number of nitrogens with one attached hydrogen (secondary N) is 1. The summed E-state index contributed by atoms with van der Waals surface area (Å²) in [5.74, 6) is -0.964. The normalized spacial score (nSPS) is 14.5. The third-order valence-corrected chi connectivity index (χ3v) is 7.43. The molecular formula is C25H24Cl2FN3O3S. The number of rotatable bonds is 8. The first kappa shape index (κ1) is 25.4. The van der Waals surface area contributed by atoms with Crippen molar-refractivity contribution in [2.75, 3.05) is 11.5 Å². The van der Waals surface area contributed by atoms with E-state index in [0.29, 0.717) is 17.9 Å². The van der Waals surface area contributed by atoms with Gasteiger partial charge < -0.3 is 10.1 Å². The van der Waals surface area contributed by atoms with E-state index in [-0.39, 0.29) is 32.7 Å². The highest BCUT2D eigenvalue weighted by atomic mass is 35.5. The molecule has 0 spiro atoms. The SMILES string of the molecule is CCOc1ccc(C(C(=O)NC2CCCC2)N(C(=O)c2nsc(Cl)c2Cl)c2cccc(F)c2)cc1. The van der Waals surface area contributed by atoms with Crippen LogP contribution in [0, 0.1) is 5.82 Å². The number of amides is 2. The molecule has 1 aliphatic carbocycles. The third kappa shape index (κ3) is 5.77. The van der Waals surface area contributed by atoms with Crippen LogP contribution in [-0.2, 0) is 4.79 Å². The molecule has 6 nitrogen and oxygen atoms in total. The lowest BCUT2D eigenvalue weighted by atomic mass is 10.0. The zero-order chi connectivity index (χ0) is 24.9. The number of halogens is 3. The van der Waals surface area contributed by atoms with Gasteiger partial charge in [-0.3, -0.25) is 14.5 Å². The van der Waals surface area contributed by atoms with Crippen molar-refractivity contribution in [2.45, 2.75) is 44.7 Å². The van der Waals surface area contributed by atoms with E-state index in [1.54, 1.807) is 30.3 Å². The minimum absolute atomic E-state index is 0.00876. The first-order valence-electron chi connectivity index (χ1n) is 11.3. The fraction of sp³-hybridized carbons (Fsp3) is 0.320. The number of carbonyl (C=O) groups is 2. The number of anilines is 1. The van der Waals surface area contributed by atoms with E-state index >= 15 is 0 Å². The van der Waals surface area contributed by atoms with Crippen LogP contribution in [0.4, 0.5) is 10.1 Å². The Balaban J connectivity index is 1.82. The van der Waals surface area contributed by atoms with E-state index in [1.807, 2.05) is 6.92 Å². The van der Waals surface area contributed by atoms with Crippen LogP contribution in [0.15, 0.2) is 48.5 Å². The van der Waals surface area contributed by atoms with Gasteiger partial charge in [0.1, 0.15) is 27.0 Å². The summed E-state index contributed by atoms with van der Waals surface area (Å²) in [4.78, 5) is 28.8. The Labute approximate surface area is 217 Å². The van der Waals surface area contributed by atoms with Crippen molar-refractivity contribution >= 4 is 52.2 Å². The Morgan fingerprint density at radius 1 is 1.20 bits per heavy atom. The third-order valence-electron chi connectivity index (χ3n) is 5.82. The molecule has 0 bridgehead atoms. The Bertz CT molecular complexity index is 1200. The molecule has 1 fully saturated rings. The number of ether oxygens (including phenoxy) is 1. The summed E-state index contributed by atoms with van der Waals surface area (Å²) in [7, 11) is 0. The van der Waals surface area contributed by atoms with E-state index in [4.69, 9.17) is 27.9 Å². The molecule has 10 heteroatoms. The van der Waals surface area contributed by atoms with Crippen LogP contribution in [0.25, 0.3) is 0 Å². The second kappa shape index (κ2) is 11.4. The van der Waals surface area contributed by atoms with Crippen LogP contribution in [0.1, 0.15) is 54.7 Å². The molecule has 1 heterocycles. The second-order valence-corrected chi connectivity index (χ2v) is 9.92. The van der Waals surface area contributed by atoms with Crippen LogP contribution in [0.3, 0.4) is 0 Å². The molecule has 1 unspecified atom stereocenters. The van der Waals surface area contributed by atoms with Crippen LogP contribution >= 0.6 is 34.7 Å². The standard InChI is InChI=1S/C25H24Cl2FN3O3S/c1-2-34-19-12-10-15(11-13-19)22(24(32)29-17-7-3-4-8-17)31(18-9-5-6-16(28)14-18)25(33)21-20(26)23(27)35-30-21/h5-6,9-14,17,22H,2-4,7-8H2,1H3,(H,29,32). The Hall–Kier alpha value is -2.68. The van der Waals surface area contributed by atoms with Crippen LogP contribution in [0.5, 0.6) is 5.75 Å².